The number of aromatic nitrogens is 1. The molecule has 0 unspecified atom stereocenters. The Morgan fingerprint density at radius 2 is 2.35 bits per heavy atom. The second-order valence-corrected chi connectivity index (χ2v) is 5.82. The van der Waals surface area contributed by atoms with Crippen molar-refractivity contribution in [3.05, 3.63) is 11.1 Å². The lowest BCUT2D eigenvalue weighted by atomic mass is 9.97. The number of rotatable bonds is 3. The normalized spacial score (nSPS) is 20.9. The van der Waals surface area contributed by atoms with Gasteiger partial charge in [-0.05, 0) is 26.3 Å². The van der Waals surface area contributed by atoms with Crippen LogP contribution >= 0.6 is 11.3 Å². The fourth-order valence-electron chi connectivity index (χ4n) is 2.24. The van der Waals surface area contributed by atoms with Gasteiger partial charge in [-0.1, -0.05) is 0 Å². The summed E-state index contributed by atoms with van der Waals surface area (Å²) in [5.74, 6) is -1.65. The molecule has 4 nitrogen and oxygen atoms in total. The third-order valence-corrected chi connectivity index (χ3v) is 4.08. The Hall–Kier alpha value is -1.15. The second kappa shape index (κ2) is 6.09. The molecule has 2 heterocycles. The number of thiazole rings is 1. The van der Waals surface area contributed by atoms with Crippen LogP contribution in [0.4, 0.5) is 18.3 Å². The molecular weight excluding hydrogens is 291 g/mol. The van der Waals surface area contributed by atoms with Gasteiger partial charge in [-0.3, -0.25) is 9.69 Å². The summed E-state index contributed by atoms with van der Waals surface area (Å²) in [6.07, 6.45) is -3.57. The van der Waals surface area contributed by atoms with Crippen LogP contribution in [0.25, 0.3) is 0 Å². The highest BCUT2D eigenvalue weighted by Crippen LogP contribution is 2.32. The number of nitrogens with one attached hydrogen (secondary N) is 1. The van der Waals surface area contributed by atoms with Gasteiger partial charge in [0.2, 0.25) is 5.91 Å². The largest absolute Gasteiger partial charge is 0.393 e. The summed E-state index contributed by atoms with van der Waals surface area (Å²) in [4.78, 5) is 17.4. The average molecular weight is 307 g/mol. The second-order valence-electron chi connectivity index (χ2n) is 4.96. The summed E-state index contributed by atoms with van der Waals surface area (Å²) in [5, 5.41) is 4.89. The third-order valence-electron chi connectivity index (χ3n) is 3.20. The maximum atomic E-state index is 12.7. The van der Waals surface area contributed by atoms with Crippen molar-refractivity contribution in [1.82, 2.24) is 9.88 Å². The zero-order chi connectivity index (χ0) is 14.8. The summed E-state index contributed by atoms with van der Waals surface area (Å²) < 4.78 is 38.0. The molecule has 0 radical (unpaired) electrons. The van der Waals surface area contributed by atoms with Crippen molar-refractivity contribution in [3.63, 3.8) is 0 Å². The van der Waals surface area contributed by atoms with Gasteiger partial charge in [0, 0.05) is 11.9 Å². The van der Waals surface area contributed by atoms with Crippen molar-refractivity contribution in [1.29, 1.82) is 0 Å². The summed E-state index contributed by atoms with van der Waals surface area (Å²) in [7, 11) is 0. The first-order chi connectivity index (χ1) is 9.34. The topological polar surface area (TPSA) is 45.2 Å². The molecule has 2 rings (SSSR count). The molecule has 1 aromatic rings. The van der Waals surface area contributed by atoms with Crippen LogP contribution in [0.1, 0.15) is 18.5 Å². The van der Waals surface area contributed by atoms with Crippen LogP contribution in [0.5, 0.6) is 0 Å². The summed E-state index contributed by atoms with van der Waals surface area (Å²) in [5.41, 5.74) is 0.806. The molecule has 0 saturated carbocycles. The van der Waals surface area contributed by atoms with Gasteiger partial charge in [-0.2, -0.15) is 13.2 Å². The lowest BCUT2D eigenvalue weighted by Gasteiger charge is -2.33. The van der Waals surface area contributed by atoms with E-state index in [4.69, 9.17) is 0 Å². The van der Waals surface area contributed by atoms with Crippen molar-refractivity contribution in [2.75, 3.05) is 25.0 Å². The quantitative estimate of drug-likeness (QED) is 0.934. The Kier molecular flexibility index (Phi) is 4.64. The highest BCUT2D eigenvalue weighted by Gasteiger charge is 2.41. The molecule has 1 N–H and O–H groups in total. The minimum Gasteiger partial charge on any atom is -0.301 e. The van der Waals surface area contributed by atoms with Crippen LogP contribution in [0.3, 0.4) is 0 Å². The van der Waals surface area contributed by atoms with Crippen LogP contribution < -0.4 is 5.32 Å². The number of amides is 1. The minimum atomic E-state index is -4.18. The number of carbonyl (C=O) groups is 1. The Balaban J connectivity index is 1.85. The van der Waals surface area contributed by atoms with Crippen molar-refractivity contribution in [2.24, 2.45) is 5.92 Å². The molecule has 1 aliphatic heterocycles. The van der Waals surface area contributed by atoms with Crippen LogP contribution in [0.2, 0.25) is 0 Å². The molecule has 1 aromatic heterocycles. The summed E-state index contributed by atoms with van der Waals surface area (Å²) in [6.45, 7) is 2.21. The number of nitrogens with zero attached hydrogens (tertiary/aromatic N) is 2. The van der Waals surface area contributed by atoms with Gasteiger partial charge in [0.1, 0.15) is 0 Å². The molecule has 0 spiro atoms. The van der Waals surface area contributed by atoms with Crippen molar-refractivity contribution < 1.29 is 18.0 Å². The molecule has 1 saturated heterocycles. The van der Waals surface area contributed by atoms with Crippen LogP contribution in [-0.2, 0) is 4.79 Å². The maximum absolute atomic E-state index is 12.7. The maximum Gasteiger partial charge on any atom is 0.393 e. The van der Waals surface area contributed by atoms with Gasteiger partial charge in [-0.25, -0.2) is 4.98 Å². The fourth-order valence-corrected chi connectivity index (χ4v) is 2.94. The molecule has 1 amide bonds. The smallest absolute Gasteiger partial charge is 0.301 e. The SMILES string of the molecule is Cc1csc(NC(=O)CN2CCC[C@@H](C(F)(F)F)C2)n1. The number of carbonyl (C=O) groups excluding carboxylic acids is 1. The number of piperidine rings is 1. The highest BCUT2D eigenvalue weighted by molar-refractivity contribution is 7.13. The van der Waals surface area contributed by atoms with E-state index in [0.29, 0.717) is 18.1 Å². The predicted molar refractivity (Wildman–Crippen MR) is 70.7 cm³/mol. The Morgan fingerprint density at radius 3 is 2.95 bits per heavy atom. The van der Waals surface area contributed by atoms with E-state index in [1.807, 2.05) is 6.92 Å². The Labute approximate surface area is 119 Å². The fraction of sp³-hybridized carbons (Fsp3) is 0.667. The third kappa shape index (κ3) is 4.17. The first-order valence-electron chi connectivity index (χ1n) is 6.35. The Morgan fingerprint density at radius 1 is 1.60 bits per heavy atom. The number of halogens is 3. The van der Waals surface area contributed by atoms with E-state index in [9.17, 15) is 18.0 Å². The van der Waals surface area contributed by atoms with E-state index in [1.54, 1.807) is 10.3 Å². The number of hydrogen-bond donors (Lipinski definition) is 1. The molecule has 1 aliphatic rings. The molecule has 1 fully saturated rings. The molecule has 112 valence electrons. The molecule has 20 heavy (non-hydrogen) atoms. The standard InChI is InChI=1S/C12H16F3N3OS/c1-8-7-20-11(16-8)17-10(19)6-18-4-2-3-9(5-18)12(13,14)15/h7,9H,2-6H2,1H3,(H,16,17,19)/t9-/m1/s1. The Bertz CT molecular complexity index is 475. The van der Waals surface area contributed by atoms with Gasteiger partial charge in [-0.15, -0.1) is 11.3 Å². The minimum absolute atomic E-state index is 0.0226. The van der Waals surface area contributed by atoms with Gasteiger partial charge < -0.3 is 5.32 Å². The van der Waals surface area contributed by atoms with Gasteiger partial charge in [0.05, 0.1) is 18.2 Å². The van der Waals surface area contributed by atoms with Crippen LogP contribution in [0.15, 0.2) is 5.38 Å². The lowest BCUT2D eigenvalue weighted by molar-refractivity contribution is -0.186. The van der Waals surface area contributed by atoms with E-state index >= 15 is 0 Å². The van der Waals surface area contributed by atoms with E-state index in [0.717, 1.165) is 5.69 Å². The van der Waals surface area contributed by atoms with E-state index in [-0.39, 0.29) is 25.4 Å². The molecule has 8 heteroatoms. The van der Waals surface area contributed by atoms with Gasteiger partial charge in [0.25, 0.3) is 0 Å². The van der Waals surface area contributed by atoms with E-state index in [1.165, 1.54) is 11.3 Å². The lowest BCUT2D eigenvalue weighted by Crippen LogP contribution is -2.44. The monoisotopic (exact) mass is 307 g/mol. The molecular formula is C12H16F3N3OS. The zero-order valence-electron chi connectivity index (χ0n) is 11.0. The van der Waals surface area contributed by atoms with Crippen LogP contribution in [0, 0.1) is 12.8 Å². The molecule has 0 aliphatic carbocycles. The zero-order valence-corrected chi connectivity index (χ0v) is 11.9. The number of likely N-dealkylation sites (tertiary alicyclic amines) is 1. The average Bonchev–Trinajstić information content (AvgIpc) is 2.73. The van der Waals surface area contributed by atoms with Crippen LogP contribution in [-0.4, -0.2) is 41.6 Å². The van der Waals surface area contributed by atoms with Crippen molar-refractivity contribution in [2.45, 2.75) is 25.9 Å². The van der Waals surface area contributed by atoms with E-state index in [2.05, 4.69) is 10.3 Å². The van der Waals surface area contributed by atoms with E-state index < -0.39 is 12.1 Å². The molecule has 0 bridgehead atoms. The van der Waals surface area contributed by atoms with Gasteiger partial charge >= 0.3 is 6.18 Å². The van der Waals surface area contributed by atoms with Gasteiger partial charge in [0.15, 0.2) is 5.13 Å². The first kappa shape index (κ1) is 15.2. The number of hydrogen-bond acceptors (Lipinski definition) is 4. The van der Waals surface area contributed by atoms with Crippen molar-refractivity contribution >= 4 is 22.4 Å². The predicted octanol–water partition coefficient (Wildman–Crippen LogP) is 2.66. The highest BCUT2D eigenvalue weighted by atomic mass is 32.1. The summed E-state index contributed by atoms with van der Waals surface area (Å²) in [6, 6.07) is 0. The number of anilines is 1. The molecule has 0 aromatic carbocycles. The first-order valence-corrected chi connectivity index (χ1v) is 7.23. The number of alkyl halides is 3. The number of aryl methyl sites for hydroxylation is 1. The summed E-state index contributed by atoms with van der Waals surface area (Å²) >= 11 is 1.30. The molecule has 1 atom stereocenters. The van der Waals surface area contributed by atoms with Crippen molar-refractivity contribution in [3.8, 4) is 0 Å².